The topological polar surface area (TPSA) is 35.1 Å². The summed E-state index contributed by atoms with van der Waals surface area (Å²) in [5.74, 6) is 0. The molecule has 0 aliphatic heterocycles. The largest absolute Gasteiger partial charge is 0.598 e. The minimum Gasteiger partial charge on any atom is -0.598 e. The van der Waals surface area contributed by atoms with Crippen LogP contribution in [-0.4, -0.2) is 9.30 Å². The zero-order valence-electron chi connectivity index (χ0n) is 11.0. The van der Waals surface area contributed by atoms with E-state index < -0.39 is 11.4 Å². The Morgan fingerprint density at radius 3 is 2.41 bits per heavy atom. The highest BCUT2D eigenvalue weighted by molar-refractivity contribution is 9.10. The number of hydrogen-bond donors (Lipinski definition) is 1. The highest BCUT2D eigenvalue weighted by atomic mass is 79.9. The van der Waals surface area contributed by atoms with Crippen molar-refractivity contribution in [1.29, 1.82) is 0 Å². The molecular weight excluding hydrogens is 298 g/mol. The van der Waals surface area contributed by atoms with Crippen LogP contribution in [0.4, 0.5) is 0 Å². The molecule has 1 aromatic carbocycles. The molecule has 0 saturated heterocycles. The van der Waals surface area contributed by atoms with Gasteiger partial charge in [0.2, 0.25) is 0 Å². The Morgan fingerprint density at radius 2 is 1.94 bits per heavy atom. The molecule has 0 heterocycles. The van der Waals surface area contributed by atoms with E-state index in [9.17, 15) is 4.55 Å². The lowest BCUT2D eigenvalue weighted by molar-refractivity contribution is 0.531. The van der Waals surface area contributed by atoms with E-state index in [4.69, 9.17) is 0 Å². The van der Waals surface area contributed by atoms with E-state index in [1.165, 1.54) is 5.56 Å². The highest BCUT2D eigenvalue weighted by Crippen LogP contribution is 2.23. The predicted octanol–water partition coefficient (Wildman–Crippen LogP) is 3.87. The monoisotopic (exact) mass is 317 g/mol. The Bertz CT molecular complexity index is 389. The van der Waals surface area contributed by atoms with Crippen LogP contribution in [0.25, 0.3) is 0 Å². The first-order valence-electron chi connectivity index (χ1n) is 5.66. The lowest BCUT2D eigenvalue weighted by Crippen LogP contribution is -2.40. The van der Waals surface area contributed by atoms with Crippen molar-refractivity contribution < 1.29 is 4.55 Å². The van der Waals surface area contributed by atoms with Crippen molar-refractivity contribution in [1.82, 2.24) is 4.72 Å². The first-order chi connectivity index (χ1) is 7.71. The first kappa shape index (κ1) is 15.0. The summed E-state index contributed by atoms with van der Waals surface area (Å²) in [5, 5.41) is 0. The van der Waals surface area contributed by atoms with Gasteiger partial charge >= 0.3 is 0 Å². The fourth-order valence-electron chi connectivity index (χ4n) is 1.34. The van der Waals surface area contributed by atoms with Crippen LogP contribution in [0.1, 0.15) is 44.9 Å². The van der Waals surface area contributed by atoms with Crippen LogP contribution in [0.15, 0.2) is 22.7 Å². The summed E-state index contributed by atoms with van der Waals surface area (Å²) in [4.78, 5) is 0. The number of rotatable bonds is 3. The summed E-state index contributed by atoms with van der Waals surface area (Å²) in [6.07, 6.45) is 0. The maximum atomic E-state index is 12.0. The molecule has 4 heteroatoms. The third kappa shape index (κ3) is 4.28. The molecule has 0 saturated carbocycles. The van der Waals surface area contributed by atoms with Crippen molar-refractivity contribution in [3.05, 3.63) is 33.8 Å². The van der Waals surface area contributed by atoms with Crippen LogP contribution in [0.2, 0.25) is 0 Å². The van der Waals surface area contributed by atoms with Crippen molar-refractivity contribution in [2.45, 2.75) is 45.4 Å². The van der Waals surface area contributed by atoms with Gasteiger partial charge in [-0.2, -0.15) is 0 Å². The van der Waals surface area contributed by atoms with Gasteiger partial charge in [0.15, 0.2) is 0 Å². The third-order valence-electron chi connectivity index (χ3n) is 2.52. The normalized spacial score (nSPS) is 15.7. The van der Waals surface area contributed by atoms with Gasteiger partial charge < -0.3 is 4.55 Å². The van der Waals surface area contributed by atoms with E-state index in [2.05, 4.69) is 39.7 Å². The van der Waals surface area contributed by atoms with Gasteiger partial charge in [0.25, 0.3) is 0 Å². The van der Waals surface area contributed by atoms with Crippen molar-refractivity contribution >= 4 is 27.3 Å². The standard InChI is InChI=1S/C13H20BrNOS/c1-9-8-11(6-7-12(9)14)10(2)15-17(16)13(3,4)5/h6-8,10,15H,1-5H3/t10-,17?/m1/s1. The Hall–Kier alpha value is -0.0300. The second-order valence-electron chi connectivity index (χ2n) is 5.23. The van der Waals surface area contributed by atoms with Gasteiger partial charge in [0.05, 0.1) is 6.04 Å². The van der Waals surface area contributed by atoms with Crippen molar-refractivity contribution in [3.63, 3.8) is 0 Å². The maximum absolute atomic E-state index is 12.0. The Labute approximate surface area is 116 Å². The second-order valence-corrected chi connectivity index (χ2v) is 8.08. The number of aryl methyl sites for hydroxylation is 1. The van der Waals surface area contributed by atoms with Gasteiger partial charge in [0, 0.05) is 15.8 Å². The fraction of sp³-hybridized carbons (Fsp3) is 0.538. The molecule has 1 aromatic rings. The van der Waals surface area contributed by atoms with Gasteiger partial charge in [-0.15, -0.1) is 4.72 Å². The molecule has 0 aliphatic carbocycles. The minimum absolute atomic E-state index is 0.0851. The number of nitrogens with one attached hydrogen (secondary N) is 1. The number of benzene rings is 1. The molecule has 0 aromatic heterocycles. The van der Waals surface area contributed by atoms with E-state index in [1.807, 2.05) is 33.8 Å². The van der Waals surface area contributed by atoms with Gasteiger partial charge in [-0.3, -0.25) is 0 Å². The molecule has 17 heavy (non-hydrogen) atoms. The van der Waals surface area contributed by atoms with Crippen LogP contribution in [-0.2, 0) is 11.4 Å². The van der Waals surface area contributed by atoms with Gasteiger partial charge in [-0.25, -0.2) is 0 Å². The SMILES string of the molecule is Cc1cc([C@@H](C)N[S+]([O-])C(C)(C)C)ccc1Br. The van der Waals surface area contributed by atoms with E-state index in [0.29, 0.717) is 0 Å². The molecule has 2 nitrogen and oxygen atoms in total. The Balaban J connectivity index is 2.76. The summed E-state index contributed by atoms with van der Waals surface area (Å²) < 4.78 is 16.0. The molecule has 0 aliphatic rings. The molecule has 0 spiro atoms. The molecular formula is C13H20BrNOS. The van der Waals surface area contributed by atoms with Crippen LogP contribution in [0, 0.1) is 6.92 Å². The third-order valence-corrected chi connectivity index (χ3v) is 5.09. The number of hydrogen-bond acceptors (Lipinski definition) is 2. The average molecular weight is 318 g/mol. The minimum atomic E-state index is -1.04. The fourth-order valence-corrected chi connectivity index (χ4v) is 2.40. The molecule has 2 atom stereocenters. The molecule has 0 fully saturated rings. The highest BCUT2D eigenvalue weighted by Gasteiger charge is 2.28. The van der Waals surface area contributed by atoms with Crippen LogP contribution < -0.4 is 4.72 Å². The first-order valence-corrected chi connectivity index (χ1v) is 7.60. The Kier molecular flexibility index (Phi) is 5.07. The van der Waals surface area contributed by atoms with Crippen molar-refractivity contribution in [3.8, 4) is 0 Å². The van der Waals surface area contributed by atoms with Gasteiger partial charge in [0.1, 0.15) is 4.75 Å². The maximum Gasteiger partial charge on any atom is 0.136 e. The molecule has 96 valence electrons. The molecule has 0 radical (unpaired) electrons. The summed E-state index contributed by atoms with van der Waals surface area (Å²) >= 11 is 2.44. The molecule has 1 N–H and O–H groups in total. The number of halogens is 1. The van der Waals surface area contributed by atoms with E-state index in [1.54, 1.807) is 0 Å². The van der Waals surface area contributed by atoms with E-state index in [0.717, 1.165) is 10.0 Å². The van der Waals surface area contributed by atoms with E-state index in [-0.39, 0.29) is 10.8 Å². The van der Waals surface area contributed by atoms with Crippen LogP contribution in [0.5, 0.6) is 0 Å². The summed E-state index contributed by atoms with van der Waals surface area (Å²) in [5.41, 5.74) is 2.35. The lowest BCUT2D eigenvalue weighted by atomic mass is 10.1. The van der Waals surface area contributed by atoms with Gasteiger partial charge in [-0.05, 0) is 51.8 Å². The molecule has 1 rings (SSSR count). The lowest BCUT2D eigenvalue weighted by Gasteiger charge is -2.26. The summed E-state index contributed by atoms with van der Waals surface area (Å²) in [7, 11) is 0. The molecule has 0 bridgehead atoms. The zero-order valence-corrected chi connectivity index (χ0v) is 13.4. The molecule has 1 unspecified atom stereocenters. The Morgan fingerprint density at radius 1 is 1.35 bits per heavy atom. The van der Waals surface area contributed by atoms with Crippen LogP contribution in [0.3, 0.4) is 0 Å². The average Bonchev–Trinajstić information content (AvgIpc) is 2.20. The van der Waals surface area contributed by atoms with Gasteiger partial charge in [-0.1, -0.05) is 28.1 Å². The quantitative estimate of drug-likeness (QED) is 0.859. The molecule has 0 amide bonds. The second kappa shape index (κ2) is 5.74. The zero-order chi connectivity index (χ0) is 13.2. The van der Waals surface area contributed by atoms with Crippen LogP contribution >= 0.6 is 15.9 Å². The predicted molar refractivity (Wildman–Crippen MR) is 78.3 cm³/mol. The smallest absolute Gasteiger partial charge is 0.136 e. The summed E-state index contributed by atoms with van der Waals surface area (Å²) in [6, 6.07) is 6.28. The summed E-state index contributed by atoms with van der Waals surface area (Å²) in [6.45, 7) is 9.99. The van der Waals surface area contributed by atoms with Crippen molar-refractivity contribution in [2.75, 3.05) is 0 Å². The van der Waals surface area contributed by atoms with Crippen molar-refractivity contribution in [2.24, 2.45) is 0 Å². The van der Waals surface area contributed by atoms with E-state index >= 15 is 0 Å².